The lowest BCUT2D eigenvalue weighted by Crippen LogP contribution is -2.12. The molecule has 3 N–H and O–H groups in total. The van der Waals surface area contributed by atoms with Crippen LogP contribution in [0, 0.1) is 5.82 Å². The third kappa shape index (κ3) is 4.21. The summed E-state index contributed by atoms with van der Waals surface area (Å²) in [4.78, 5) is 0.190. The van der Waals surface area contributed by atoms with Crippen molar-refractivity contribution in [2.24, 2.45) is 5.73 Å². The predicted octanol–water partition coefficient (Wildman–Crippen LogP) is 4.21. The molecule has 1 rings (SSSR count). The summed E-state index contributed by atoms with van der Waals surface area (Å²) in [5.74, 6) is -0.337. The second-order valence-electron chi connectivity index (χ2n) is 4.14. The molecule has 1 aromatic rings. The fraction of sp³-hybridized carbons (Fsp3) is 0.462. The highest BCUT2D eigenvalue weighted by molar-refractivity contribution is 9.10. The third-order valence-electron chi connectivity index (χ3n) is 2.69. The van der Waals surface area contributed by atoms with E-state index in [2.05, 4.69) is 28.2 Å². The van der Waals surface area contributed by atoms with Gasteiger partial charge in [0.2, 0.25) is 0 Å². The van der Waals surface area contributed by atoms with E-state index in [1.807, 2.05) is 0 Å². The quantitative estimate of drug-likeness (QED) is 0.580. The van der Waals surface area contributed by atoms with Gasteiger partial charge < -0.3 is 11.1 Å². The Morgan fingerprint density at radius 1 is 1.39 bits per heavy atom. The van der Waals surface area contributed by atoms with Gasteiger partial charge in [-0.05, 0) is 34.5 Å². The van der Waals surface area contributed by atoms with Gasteiger partial charge >= 0.3 is 0 Å². The van der Waals surface area contributed by atoms with Gasteiger partial charge in [-0.2, -0.15) is 0 Å². The van der Waals surface area contributed by atoms with Crippen LogP contribution in [-0.4, -0.2) is 11.5 Å². The number of rotatable bonds is 7. The molecule has 0 unspecified atom stereocenters. The maximum absolute atomic E-state index is 14.0. The molecule has 18 heavy (non-hydrogen) atoms. The van der Waals surface area contributed by atoms with E-state index in [0.717, 1.165) is 19.4 Å². The third-order valence-corrected chi connectivity index (χ3v) is 3.69. The van der Waals surface area contributed by atoms with Gasteiger partial charge in [0.05, 0.1) is 10.2 Å². The number of hydrogen-bond donors (Lipinski definition) is 2. The lowest BCUT2D eigenvalue weighted by Gasteiger charge is -2.11. The minimum atomic E-state index is -0.337. The molecule has 0 aliphatic rings. The smallest absolute Gasteiger partial charge is 0.161 e. The molecule has 0 saturated heterocycles. The molecule has 5 heteroatoms. The second-order valence-corrected chi connectivity index (χ2v) is 5.37. The van der Waals surface area contributed by atoms with Crippen LogP contribution in [0.25, 0.3) is 0 Å². The van der Waals surface area contributed by atoms with Crippen LogP contribution in [0.3, 0.4) is 0 Å². The van der Waals surface area contributed by atoms with Crippen molar-refractivity contribution in [1.29, 1.82) is 0 Å². The number of hydrogen-bond acceptors (Lipinski definition) is 2. The number of nitrogens with one attached hydrogen (secondary N) is 1. The van der Waals surface area contributed by atoms with Gasteiger partial charge in [0.25, 0.3) is 0 Å². The minimum absolute atomic E-state index is 0.190. The van der Waals surface area contributed by atoms with Gasteiger partial charge in [0.1, 0.15) is 4.99 Å². The van der Waals surface area contributed by atoms with Gasteiger partial charge in [0.15, 0.2) is 5.82 Å². The van der Waals surface area contributed by atoms with E-state index >= 15 is 0 Å². The summed E-state index contributed by atoms with van der Waals surface area (Å²) < 4.78 is 14.3. The van der Waals surface area contributed by atoms with E-state index in [0.29, 0.717) is 15.7 Å². The Hall–Kier alpha value is -0.680. The average Bonchev–Trinajstić information content (AvgIpc) is 2.33. The summed E-state index contributed by atoms with van der Waals surface area (Å²) >= 11 is 8.03. The second kappa shape index (κ2) is 7.69. The van der Waals surface area contributed by atoms with Gasteiger partial charge in [-0.25, -0.2) is 4.39 Å². The van der Waals surface area contributed by atoms with Crippen molar-refractivity contribution in [2.75, 3.05) is 11.9 Å². The zero-order chi connectivity index (χ0) is 13.5. The number of anilines is 1. The van der Waals surface area contributed by atoms with Crippen molar-refractivity contribution >= 4 is 38.8 Å². The number of benzene rings is 1. The first kappa shape index (κ1) is 15.4. The first-order chi connectivity index (χ1) is 8.57. The van der Waals surface area contributed by atoms with Crippen LogP contribution in [-0.2, 0) is 0 Å². The van der Waals surface area contributed by atoms with Crippen molar-refractivity contribution < 1.29 is 4.39 Å². The molecule has 0 atom stereocenters. The lowest BCUT2D eigenvalue weighted by molar-refractivity contribution is 0.620. The van der Waals surface area contributed by atoms with Crippen LogP contribution in [0.15, 0.2) is 16.6 Å². The van der Waals surface area contributed by atoms with Crippen molar-refractivity contribution in [1.82, 2.24) is 0 Å². The number of thiocarbonyl (C=S) groups is 1. The molecule has 0 aliphatic heterocycles. The Labute approximate surface area is 121 Å². The van der Waals surface area contributed by atoms with E-state index in [4.69, 9.17) is 18.0 Å². The zero-order valence-corrected chi connectivity index (χ0v) is 12.8. The zero-order valence-electron chi connectivity index (χ0n) is 10.4. The molecule has 0 aliphatic carbocycles. The highest BCUT2D eigenvalue weighted by Crippen LogP contribution is 2.27. The SMILES string of the molecule is CCCCCCNc1ccc(C(N)=S)c(Br)c1F. The maximum Gasteiger partial charge on any atom is 0.161 e. The van der Waals surface area contributed by atoms with Crippen LogP contribution in [0.1, 0.15) is 38.2 Å². The Kier molecular flexibility index (Phi) is 6.57. The maximum atomic E-state index is 14.0. The number of nitrogens with two attached hydrogens (primary N) is 1. The molecule has 100 valence electrons. The summed E-state index contributed by atoms with van der Waals surface area (Å²) in [5.41, 5.74) is 6.51. The molecular weight excluding hydrogens is 315 g/mol. The molecule has 0 spiro atoms. The van der Waals surface area contributed by atoms with Crippen LogP contribution >= 0.6 is 28.1 Å². The molecule has 0 amide bonds. The molecule has 0 radical (unpaired) electrons. The fourth-order valence-electron chi connectivity index (χ4n) is 1.65. The van der Waals surface area contributed by atoms with Gasteiger partial charge in [-0.15, -0.1) is 0 Å². The van der Waals surface area contributed by atoms with E-state index in [9.17, 15) is 4.39 Å². The van der Waals surface area contributed by atoms with Gasteiger partial charge in [-0.1, -0.05) is 38.4 Å². The standard InChI is InChI=1S/C13H18BrFN2S/c1-2-3-4-5-8-17-10-7-6-9(13(16)18)11(14)12(10)15/h6-7,17H,2-5,8H2,1H3,(H2,16,18). The number of unbranched alkanes of at least 4 members (excludes halogenated alkanes) is 3. The topological polar surface area (TPSA) is 38.0 Å². The molecule has 0 fully saturated rings. The van der Waals surface area contributed by atoms with E-state index in [-0.39, 0.29) is 10.8 Å². The highest BCUT2D eigenvalue weighted by atomic mass is 79.9. The average molecular weight is 333 g/mol. The molecule has 0 bridgehead atoms. The molecule has 0 heterocycles. The van der Waals surface area contributed by atoms with Crippen molar-refractivity contribution in [2.45, 2.75) is 32.6 Å². The molecular formula is C13H18BrFN2S. The van der Waals surface area contributed by atoms with Crippen LogP contribution in [0.4, 0.5) is 10.1 Å². The van der Waals surface area contributed by atoms with Crippen molar-refractivity contribution in [3.05, 3.63) is 28.0 Å². The Morgan fingerprint density at radius 2 is 2.11 bits per heavy atom. The molecule has 0 saturated carbocycles. The monoisotopic (exact) mass is 332 g/mol. The van der Waals surface area contributed by atoms with Gasteiger partial charge in [-0.3, -0.25) is 0 Å². The van der Waals surface area contributed by atoms with Crippen molar-refractivity contribution in [3.8, 4) is 0 Å². The van der Waals surface area contributed by atoms with Crippen molar-refractivity contribution in [3.63, 3.8) is 0 Å². The molecule has 0 aromatic heterocycles. The summed E-state index contributed by atoms with van der Waals surface area (Å²) in [7, 11) is 0. The Morgan fingerprint density at radius 3 is 2.72 bits per heavy atom. The van der Waals surface area contributed by atoms with E-state index in [1.165, 1.54) is 12.8 Å². The van der Waals surface area contributed by atoms with E-state index in [1.54, 1.807) is 12.1 Å². The van der Waals surface area contributed by atoms with Gasteiger partial charge in [0, 0.05) is 12.1 Å². The summed E-state index contributed by atoms with van der Waals surface area (Å²) in [6, 6.07) is 3.40. The number of halogens is 2. The summed E-state index contributed by atoms with van der Waals surface area (Å²) in [6.07, 6.45) is 4.62. The van der Waals surface area contributed by atoms with Crippen LogP contribution in [0.5, 0.6) is 0 Å². The Balaban J connectivity index is 2.62. The fourth-order valence-corrected chi connectivity index (χ4v) is 2.51. The molecule has 2 nitrogen and oxygen atoms in total. The summed E-state index contributed by atoms with van der Waals surface area (Å²) in [6.45, 7) is 2.94. The Bertz CT molecular complexity index is 424. The lowest BCUT2D eigenvalue weighted by atomic mass is 10.2. The first-order valence-corrected chi connectivity index (χ1v) is 7.29. The first-order valence-electron chi connectivity index (χ1n) is 6.09. The van der Waals surface area contributed by atoms with Crippen LogP contribution in [0.2, 0.25) is 0 Å². The minimum Gasteiger partial charge on any atom is -0.389 e. The van der Waals surface area contributed by atoms with Crippen LogP contribution < -0.4 is 11.1 Å². The predicted molar refractivity (Wildman–Crippen MR) is 82.6 cm³/mol. The largest absolute Gasteiger partial charge is 0.389 e. The molecule has 1 aromatic carbocycles. The normalized spacial score (nSPS) is 10.4. The van der Waals surface area contributed by atoms with E-state index < -0.39 is 0 Å². The summed E-state index contributed by atoms with van der Waals surface area (Å²) in [5, 5.41) is 3.09. The highest BCUT2D eigenvalue weighted by Gasteiger charge is 2.12.